The standard InChI is InChI=1S/C19H18FN3O/c1-12-4-8-16(9-5-12)21-19(24)18-13(2)22-23(14(18)3)17-10-6-15(20)7-11-17/h4-11H,1-3H3,(H,21,24). The molecule has 1 amide bonds. The number of nitrogens with one attached hydrogen (secondary N) is 1. The summed E-state index contributed by atoms with van der Waals surface area (Å²) in [4.78, 5) is 12.6. The van der Waals surface area contributed by atoms with Crippen molar-refractivity contribution in [2.24, 2.45) is 0 Å². The van der Waals surface area contributed by atoms with E-state index in [-0.39, 0.29) is 11.7 Å². The third-order valence-electron chi connectivity index (χ3n) is 3.90. The molecule has 24 heavy (non-hydrogen) atoms. The zero-order chi connectivity index (χ0) is 17.3. The lowest BCUT2D eigenvalue weighted by Gasteiger charge is -2.07. The van der Waals surface area contributed by atoms with E-state index < -0.39 is 0 Å². The first-order valence-electron chi connectivity index (χ1n) is 7.66. The monoisotopic (exact) mass is 323 g/mol. The van der Waals surface area contributed by atoms with Gasteiger partial charge in [0.1, 0.15) is 5.82 Å². The van der Waals surface area contributed by atoms with Crippen LogP contribution >= 0.6 is 0 Å². The molecule has 2 aromatic carbocycles. The van der Waals surface area contributed by atoms with Gasteiger partial charge in [0.15, 0.2) is 0 Å². The molecule has 4 nitrogen and oxygen atoms in total. The number of aryl methyl sites for hydroxylation is 2. The third-order valence-corrected chi connectivity index (χ3v) is 3.90. The predicted octanol–water partition coefficient (Wildman–Crippen LogP) is 4.19. The molecule has 5 heteroatoms. The van der Waals surface area contributed by atoms with E-state index in [2.05, 4.69) is 10.4 Å². The Morgan fingerprint density at radius 1 is 1.00 bits per heavy atom. The first kappa shape index (κ1) is 15.9. The Morgan fingerprint density at radius 3 is 2.25 bits per heavy atom. The van der Waals surface area contributed by atoms with Crippen molar-refractivity contribution in [3.8, 4) is 5.69 Å². The lowest BCUT2D eigenvalue weighted by atomic mass is 10.1. The van der Waals surface area contributed by atoms with Gasteiger partial charge in [0.2, 0.25) is 0 Å². The highest BCUT2D eigenvalue weighted by Crippen LogP contribution is 2.20. The fourth-order valence-corrected chi connectivity index (χ4v) is 2.64. The van der Waals surface area contributed by atoms with Crippen LogP contribution in [-0.2, 0) is 0 Å². The van der Waals surface area contributed by atoms with Gasteiger partial charge in [0.25, 0.3) is 5.91 Å². The van der Waals surface area contributed by atoms with Crippen LogP contribution in [0.2, 0.25) is 0 Å². The van der Waals surface area contributed by atoms with Crippen LogP contribution in [0.1, 0.15) is 27.3 Å². The molecule has 0 aliphatic rings. The first-order chi connectivity index (χ1) is 11.5. The summed E-state index contributed by atoms with van der Waals surface area (Å²) >= 11 is 0. The van der Waals surface area contributed by atoms with E-state index in [1.807, 2.05) is 38.1 Å². The van der Waals surface area contributed by atoms with Gasteiger partial charge in [-0.2, -0.15) is 5.10 Å². The molecule has 122 valence electrons. The van der Waals surface area contributed by atoms with Crippen LogP contribution in [0.5, 0.6) is 0 Å². The molecule has 0 bridgehead atoms. The van der Waals surface area contributed by atoms with Crippen molar-refractivity contribution in [2.45, 2.75) is 20.8 Å². The van der Waals surface area contributed by atoms with Gasteiger partial charge in [-0.15, -0.1) is 0 Å². The number of amides is 1. The minimum Gasteiger partial charge on any atom is -0.322 e. The molecule has 3 aromatic rings. The highest BCUT2D eigenvalue weighted by molar-refractivity contribution is 6.05. The second-order valence-corrected chi connectivity index (χ2v) is 5.75. The van der Waals surface area contributed by atoms with E-state index in [0.717, 1.165) is 11.3 Å². The molecule has 0 saturated carbocycles. The Morgan fingerprint density at radius 2 is 1.62 bits per heavy atom. The van der Waals surface area contributed by atoms with Crippen molar-refractivity contribution >= 4 is 11.6 Å². The molecule has 1 aromatic heterocycles. The van der Waals surface area contributed by atoms with Gasteiger partial charge in [0.05, 0.1) is 22.6 Å². The van der Waals surface area contributed by atoms with Crippen LogP contribution in [0.4, 0.5) is 10.1 Å². The van der Waals surface area contributed by atoms with Crippen LogP contribution in [0, 0.1) is 26.6 Å². The number of anilines is 1. The molecular formula is C19H18FN3O. The Labute approximate surface area is 139 Å². The van der Waals surface area contributed by atoms with Crippen molar-refractivity contribution < 1.29 is 9.18 Å². The van der Waals surface area contributed by atoms with E-state index >= 15 is 0 Å². The number of hydrogen-bond donors (Lipinski definition) is 1. The van der Waals surface area contributed by atoms with Crippen LogP contribution in [0.3, 0.4) is 0 Å². The van der Waals surface area contributed by atoms with Crippen LogP contribution < -0.4 is 5.32 Å². The molecule has 1 heterocycles. The van der Waals surface area contributed by atoms with E-state index in [4.69, 9.17) is 0 Å². The third kappa shape index (κ3) is 3.06. The average molecular weight is 323 g/mol. The quantitative estimate of drug-likeness (QED) is 0.785. The predicted molar refractivity (Wildman–Crippen MR) is 92.1 cm³/mol. The van der Waals surface area contributed by atoms with E-state index in [1.165, 1.54) is 12.1 Å². The number of carbonyl (C=O) groups excluding carboxylic acids is 1. The molecule has 1 N–H and O–H groups in total. The van der Waals surface area contributed by atoms with Gasteiger partial charge in [-0.1, -0.05) is 17.7 Å². The second kappa shape index (κ2) is 6.28. The highest BCUT2D eigenvalue weighted by Gasteiger charge is 2.19. The molecule has 0 fully saturated rings. The summed E-state index contributed by atoms with van der Waals surface area (Å²) in [5.41, 5.74) is 4.44. The summed E-state index contributed by atoms with van der Waals surface area (Å²) in [7, 11) is 0. The largest absolute Gasteiger partial charge is 0.322 e. The van der Waals surface area contributed by atoms with Crippen LogP contribution in [-0.4, -0.2) is 15.7 Å². The summed E-state index contributed by atoms with van der Waals surface area (Å²) in [5, 5.41) is 7.31. The molecule has 0 spiro atoms. The number of nitrogens with zero attached hydrogens (tertiary/aromatic N) is 2. The van der Waals surface area contributed by atoms with E-state index in [0.29, 0.717) is 22.6 Å². The number of benzene rings is 2. The zero-order valence-electron chi connectivity index (χ0n) is 13.8. The van der Waals surface area contributed by atoms with Gasteiger partial charge >= 0.3 is 0 Å². The van der Waals surface area contributed by atoms with Gasteiger partial charge in [-0.3, -0.25) is 4.79 Å². The van der Waals surface area contributed by atoms with Gasteiger partial charge in [-0.05, 0) is 57.2 Å². The van der Waals surface area contributed by atoms with Gasteiger partial charge in [0, 0.05) is 5.69 Å². The lowest BCUT2D eigenvalue weighted by Crippen LogP contribution is -2.14. The molecular weight excluding hydrogens is 305 g/mol. The van der Waals surface area contributed by atoms with Gasteiger partial charge < -0.3 is 5.32 Å². The van der Waals surface area contributed by atoms with Crippen LogP contribution in [0.25, 0.3) is 5.69 Å². The summed E-state index contributed by atoms with van der Waals surface area (Å²) in [6, 6.07) is 13.6. The maximum atomic E-state index is 13.1. The number of hydrogen-bond acceptors (Lipinski definition) is 2. The van der Waals surface area contributed by atoms with Crippen LogP contribution in [0.15, 0.2) is 48.5 Å². The van der Waals surface area contributed by atoms with Gasteiger partial charge in [-0.25, -0.2) is 9.07 Å². The second-order valence-electron chi connectivity index (χ2n) is 5.75. The summed E-state index contributed by atoms with van der Waals surface area (Å²) in [5.74, 6) is -0.514. The molecule has 0 saturated heterocycles. The Bertz CT molecular complexity index is 880. The van der Waals surface area contributed by atoms with E-state index in [1.54, 1.807) is 23.7 Å². The lowest BCUT2D eigenvalue weighted by molar-refractivity contribution is 0.102. The Balaban J connectivity index is 1.92. The minimum atomic E-state index is -0.308. The molecule has 0 radical (unpaired) electrons. The van der Waals surface area contributed by atoms with Crippen molar-refractivity contribution in [1.29, 1.82) is 0 Å². The molecule has 0 atom stereocenters. The normalized spacial score (nSPS) is 10.7. The summed E-state index contributed by atoms with van der Waals surface area (Å²) in [6.07, 6.45) is 0. The summed E-state index contributed by atoms with van der Waals surface area (Å²) < 4.78 is 14.7. The fourth-order valence-electron chi connectivity index (χ4n) is 2.64. The smallest absolute Gasteiger partial charge is 0.259 e. The zero-order valence-corrected chi connectivity index (χ0v) is 13.8. The van der Waals surface area contributed by atoms with Crippen molar-refractivity contribution in [3.05, 3.63) is 76.9 Å². The number of rotatable bonds is 3. The van der Waals surface area contributed by atoms with Crippen molar-refractivity contribution in [1.82, 2.24) is 9.78 Å². The SMILES string of the molecule is Cc1ccc(NC(=O)c2c(C)nn(-c3ccc(F)cc3)c2C)cc1. The maximum absolute atomic E-state index is 13.1. The Hall–Kier alpha value is -2.95. The Kier molecular flexibility index (Phi) is 4.16. The van der Waals surface area contributed by atoms with Crippen molar-refractivity contribution in [2.75, 3.05) is 5.32 Å². The topological polar surface area (TPSA) is 46.9 Å². The molecule has 0 aliphatic heterocycles. The molecule has 0 unspecified atom stereocenters. The average Bonchev–Trinajstić information content (AvgIpc) is 2.85. The highest BCUT2D eigenvalue weighted by atomic mass is 19.1. The van der Waals surface area contributed by atoms with E-state index in [9.17, 15) is 9.18 Å². The molecule has 3 rings (SSSR count). The number of aromatic nitrogens is 2. The van der Waals surface area contributed by atoms with Crippen molar-refractivity contribution in [3.63, 3.8) is 0 Å². The maximum Gasteiger partial charge on any atom is 0.259 e. The minimum absolute atomic E-state index is 0.206. The number of halogens is 1. The fraction of sp³-hybridized carbons (Fsp3) is 0.158. The molecule has 0 aliphatic carbocycles. The summed E-state index contributed by atoms with van der Waals surface area (Å²) in [6.45, 7) is 5.61. The first-order valence-corrected chi connectivity index (χ1v) is 7.66. The number of carbonyl (C=O) groups is 1.